The van der Waals surface area contributed by atoms with E-state index < -0.39 is 0 Å². The Hall–Kier alpha value is -0.870. The molecular weight excluding hydrogens is 238 g/mol. The van der Waals surface area contributed by atoms with E-state index in [9.17, 15) is 5.11 Å². The summed E-state index contributed by atoms with van der Waals surface area (Å²) in [6.07, 6.45) is 8.00. The smallest absolute Gasteiger partial charge is 0.0694 e. The lowest BCUT2D eigenvalue weighted by Gasteiger charge is -2.36. The number of aliphatic hydroxyl groups excluding tert-OH is 1. The third kappa shape index (κ3) is 3.37. The molecule has 2 rings (SSSR count). The van der Waals surface area contributed by atoms with E-state index in [2.05, 4.69) is 30.5 Å². The Balaban J connectivity index is 2.04. The molecule has 1 aromatic heterocycles. The van der Waals surface area contributed by atoms with E-state index in [-0.39, 0.29) is 12.1 Å². The Labute approximate surface area is 116 Å². The summed E-state index contributed by atoms with van der Waals surface area (Å²) in [5, 5.41) is 17.9. The van der Waals surface area contributed by atoms with Crippen LogP contribution in [0, 0.1) is 0 Å². The van der Waals surface area contributed by atoms with Gasteiger partial charge < -0.3 is 10.4 Å². The van der Waals surface area contributed by atoms with Crippen LogP contribution in [0.15, 0.2) is 6.20 Å². The van der Waals surface area contributed by atoms with Crippen molar-refractivity contribution in [2.24, 2.45) is 7.05 Å². The summed E-state index contributed by atoms with van der Waals surface area (Å²) in [6.45, 7) is 5.40. The first-order valence-electron chi connectivity index (χ1n) is 7.45. The van der Waals surface area contributed by atoms with Crippen molar-refractivity contribution < 1.29 is 5.11 Å². The van der Waals surface area contributed by atoms with Crippen molar-refractivity contribution in [3.63, 3.8) is 0 Å². The van der Waals surface area contributed by atoms with Gasteiger partial charge in [-0.3, -0.25) is 4.68 Å². The number of nitrogens with one attached hydrogen (secondary N) is 1. The Morgan fingerprint density at radius 3 is 2.63 bits per heavy atom. The summed E-state index contributed by atoms with van der Waals surface area (Å²) in [4.78, 5) is 0. The molecule has 0 saturated heterocycles. The minimum absolute atomic E-state index is 0.0671. The zero-order valence-corrected chi connectivity index (χ0v) is 12.4. The molecule has 0 radical (unpaired) electrons. The van der Waals surface area contributed by atoms with Gasteiger partial charge in [0, 0.05) is 30.9 Å². The Morgan fingerprint density at radius 2 is 2.05 bits per heavy atom. The van der Waals surface area contributed by atoms with Crippen molar-refractivity contribution in [2.45, 2.75) is 64.0 Å². The number of aryl methyl sites for hydroxylation is 1. The van der Waals surface area contributed by atoms with Gasteiger partial charge in [-0.15, -0.1) is 0 Å². The molecule has 108 valence electrons. The van der Waals surface area contributed by atoms with E-state index >= 15 is 0 Å². The minimum atomic E-state index is -0.0671. The molecule has 0 amide bonds. The van der Waals surface area contributed by atoms with Gasteiger partial charge in [-0.1, -0.05) is 33.1 Å². The fourth-order valence-corrected chi connectivity index (χ4v) is 3.08. The Morgan fingerprint density at radius 1 is 1.37 bits per heavy atom. The van der Waals surface area contributed by atoms with E-state index in [1.807, 2.05) is 11.7 Å². The van der Waals surface area contributed by atoms with Crippen molar-refractivity contribution >= 4 is 0 Å². The first-order valence-corrected chi connectivity index (χ1v) is 7.45. The van der Waals surface area contributed by atoms with Gasteiger partial charge in [0.2, 0.25) is 0 Å². The first kappa shape index (κ1) is 14.5. The number of hydrogen-bond acceptors (Lipinski definition) is 3. The average molecular weight is 265 g/mol. The van der Waals surface area contributed by atoms with E-state index in [1.165, 1.54) is 30.5 Å². The lowest BCUT2D eigenvalue weighted by Crippen LogP contribution is -2.49. The van der Waals surface area contributed by atoms with Crippen LogP contribution in [-0.4, -0.2) is 27.0 Å². The average Bonchev–Trinajstić information content (AvgIpc) is 2.79. The maximum atomic E-state index is 9.72. The number of nitrogens with zero attached hydrogens (tertiary/aromatic N) is 2. The molecule has 0 aromatic carbocycles. The molecule has 1 fully saturated rings. The van der Waals surface area contributed by atoms with Gasteiger partial charge in [0.25, 0.3) is 0 Å². The van der Waals surface area contributed by atoms with Crippen molar-refractivity contribution in [2.75, 3.05) is 6.61 Å². The van der Waals surface area contributed by atoms with Crippen LogP contribution in [0.4, 0.5) is 0 Å². The van der Waals surface area contributed by atoms with Crippen LogP contribution in [0.1, 0.15) is 63.1 Å². The highest BCUT2D eigenvalue weighted by molar-refractivity contribution is 5.20. The zero-order chi connectivity index (χ0) is 13.9. The summed E-state index contributed by atoms with van der Waals surface area (Å²) in [7, 11) is 1.97. The number of aromatic nitrogens is 2. The Kier molecular flexibility index (Phi) is 4.63. The van der Waals surface area contributed by atoms with E-state index in [0.29, 0.717) is 5.92 Å². The molecule has 0 aliphatic heterocycles. The third-order valence-corrected chi connectivity index (χ3v) is 4.25. The SMILES string of the molecule is CC(C)c1nn(C)cc1CNC1(CO)CCCCC1. The standard InChI is InChI=1S/C15H27N3O/c1-12(2)14-13(10-18(3)17-14)9-16-15(11-19)7-5-4-6-8-15/h10,12,16,19H,4-9,11H2,1-3H3. The molecule has 0 unspecified atom stereocenters. The van der Waals surface area contributed by atoms with Gasteiger partial charge in [0.05, 0.1) is 12.3 Å². The molecule has 4 nitrogen and oxygen atoms in total. The summed E-state index contributed by atoms with van der Waals surface area (Å²) in [5.74, 6) is 0.439. The van der Waals surface area contributed by atoms with Gasteiger partial charge in [0.15, 0.2) is 0 Å². The molecule has 0 bridgehead atoms. The number of rotatable bonds is 5. The quantitative estimate of drug-likeness (QED) is 0.859. The van der Waals surface area contributed by atoms with Gasteiger partial charge >= 0.3 is 0 Å². The zero-order valence-electron chi connectivity index (χ0n) is 12.4. The van der Waals surface area contributed by atoms with Crippen LogP contribution in [-0.2, 0) is 13.6 Å². The summed E-state index contributed by atoms with van der Waals surface area (Å²) < 4.78 is 1.89. The molecule has 1 heterocycles. The lowest BCUT2D eigenvalue weighted by atomic mass is 9.82. The van der Waals surface area contributed by atoms with Crippen LogP contribution in [0.2, 0.25) is 0 Å². The maximum Gasteiger partial charge on any atom is 0.0694 e. The van der Waals surface area contributed by atoms with Crippen molar-refractivity contribution in [3.05, 3.63) is 17.5 Å². The molecule has 4 heteroatoms. The number of hydrogen-bond donors (Lipinski definition) is 2. The second kappa shape index (κ2) is 6.06. The van der Waals surface area contributed by atoms with Gasteiger partial charge in [-0.25, -0.2) is 0 Å². The molecule has 1 aromatic rings. The predicted molar refractivity (Wildman–Crippen MR) is 77.0 cm³/mol. The van der Waals surface area contributed by atoms with Gasteiger partial charge in [-0.2, -0.15) is 5.10 Å². The van der Waals surface area contributed by atoms with Crippen LogP contribution in [0.3, 0.4) is 0 Å². The second-order valence-electron chi connectivity index (χ2n) is 6.22. The van der Waals surface area contributed by atoms with Crippen LogP contribution in [0.5, 0.6) is 0 Å². The van der Waals surface area contributed by atoms with Crippen molar-refractivity contribution in [1.29, 1.82) is 0 Å². The van der Waals surface area contributed by atoms with Crippen LogP contribution >= 0.6 is 0 Å². The lowest BCUT2D eigenvalue weighted by molar-refractivity contribution is 0.119. The number of aliphatic hydroxyl groups is 1. The fraction of sp³-hybridized carbons (Fsp3) is 0.800. The molecule has 0 atom stereocenters. The van der Waals surface area contributed by atoms with Crippen LogP contribution in [0.25, 0.3) is 0 Å². The predicted octanol–water partition coefficient (Wildman–Crippen LogP) is 2.33. The molecule has 1 aliphatic carbocycles. The topological polar surface area (TPSA) is 50.1 Å². The van der Waals surface area contributed by atoms with Crippen molar-refractivity contribution in [1.82, 2.24) is 15.1 Å². The highest BCUT2D eigenvalue weighted by atomic mass is 16.3. The third-order valence-electron chi connectivity index (χ3n) is 4.25. The van der Waals surface area contributed by atoms with Gasteiger partial charge in [0.1, 0.15) is 0 Å². The summed E-state index contributed by atoms with van der Waals surface area (Å²) in [5.41, 5.74) is 2.36. The maximum absolute atomic E-state index is 9.72. The van der Waals surface area contributed by atoms with E-state index in [4.69, 9.17) is 0 Å². The molecule has 1 aliphatic rings. The highest BCUT2D eigenvalue weighted by Gasteiger charge is 2.31. The first-order chi connectivity index (χ1) is 9.06. The van der Waals surface area contributed by atoms with E-state index in [0.717, 1.165) is 19.4 Å². The highest BCUT2D eigenvalue weighted by Crippen LogP contribution is 2.28. The summed E-state index contributed by atoms with van der Waals surface area (Å²) >= 11 is 0. The van der Waals surface area contributed by atoms with Gasteiger partial charge in [-0.05, 0) is 18.8 Å². The second-order valence-corrected chi connectivity index (χ2v) is 6.22. The Bertz CT molecular complexity index is 406. The molecule has 0 spiro atoms. The van der Waals surface area contributed by atoms with Crippen LogP contribution < -0.4 is 5.32 Å². The molecular formula is C15H27N3O. The minimum Gasteiger partial charge on any atom is -0.394 e. The normalized spacial score (nSPS) is 19.0. The van der Waals surface area contributed by atoms with Crippen molar-refractivity contribution in [3.8, 4) is 0 Å². The monoisotopic (exact) mass is 265 g/mol. The summed E-state index contributed by atoms with van der Waals surface area (Å²) in [6, 6.07) is 0. The molecule has 2 N–H and O–H groups in total. The largest absolute Gasteiger partial charge is 0.394 e. The molecule has 1 saturated carbocycles. The molecule has 19 heavy (non-hydrogen) atoms. The van der Waals surface area contributed by atoms with E-state index in [1.54, 1.807) is 0 Å². The fourth-order valence-electron chi connectivity index (χ4n) is 3.08.